The molecule has 1 heterocycles. The van der Waals surface area contributed by atoms with Gasteiger partial charge in [-0.05, 0) is 41.4 Å². The molecule has 0 amide bonds. The second kappa shape index (κ2) is 6.83. The second-order valence-corrected chi connectivity index (χ2v) is 4.73. The molecule has 0 fully saturated rings. The number of halogens is 1. The summed E-state index contributed by atoms with van der Waals surface area (Å²) >= 11 is 3.48. The zero-order chi connectivity index (χ0) is 11.1. The minimum Gasteiger partial charge on any atom is -0.367 e. The van der Waals surface area contributed by atoms with Crippen molar-refractivity contribution in [3.63, 3.8) is 0 Å². The van der Waals surface area contributed by atoms with Gasteiger partial charge in [-0.3, -0.25) is 0 Å². The van der Waals surface area contributed by atoms with Crippen LogP contribution in [0.25, 0.3) is 0 Å². The molecule has 84 valence electrons. The van der Waals surface area contributed by atoms with Gasteiger partial charge in [-0.2, -0.15) is 0 Å². The van der Waals surface area contributed by atoms with Crippen molar-refractivity contribution < 1.29 is 0 Å². The number of hydrogen-bond acceptors (Lipinski definition) is 2. The first kappa shape index (κ1) is 12.5. The number of hydrogen-bond donors (Lipinski definition) is 1. The molecule has 1 aromatic heterocycles. The number of unbranched alkanes of at least 4 members (excludes halogenated alkanes) is 2. The van der Waals surface area contributed by atoms with E-state index in [0.29, 0.717) is 6.04 Å². The van der Waals surface area contributed by atoms with Crippen LogP contribution in [0.4, 0.5) is 5.82 Å². The quantitative estimate of drug-likeness (QED) is 0.783. The van der Waals surface area contributed by atoms with Crippen molar-refractivity contribution in [3.8, 4) is 0 Å². The van der Waals surface area contributed by atoms with Crippen molar-refractivity contribution in [2.75, 3.05) is 5.32 Å². The van der Waals surface area contributed by atoms with E-state index in [4.69, 9.17) is 0 Å². The monoisotopic (exact) mass is 270 g/mol. The van der Waals surface area contributed by atoms with E-state index >= 15 is 0 Å². The summed E-state index contributed by atoms with van der Waals surface area (Å²) in [6, 6.07) is 4.42. The highest BCUT2D eigenvalue weighted by atomic mass is 79.9. The van der Waals surface area contributed by atoms with E-state index in [9.17, 15) is 0 Å². The molecule has 0 saturated carbocycles. The van der Waals surface area contributed by atoms with Gasteiger partial charge >= 0.3 is 0 Å². The summed E-state index contributed by atoms with van der Waals surface area (Å²) in [5.74, 6) is 0.946. The van der Waals surface area contributed by atoms with Crippen molar-refractivity contribution in [1.82, 2.24) is 4.98 Å². The van der Waals surface area contributed by atoms with Crippen LogP contribution in [0, 0.1) is 0 Å². The van der Waals surface area contributed by atoms with Crippen LogP contribution >= 0.6 is 15.9 Å². The molecule has 1 unspecified atom stereocenters. The molecule has 0 aliphatic carbocycles. The van der Waals surface area contributed by atoms with E-state index in [1.165, 1.54) is 25.7 Å². The number of aromatic nitrogens is 1. The van der Waals surface area contributed by atoms with Gasteiger partial charge in [0.15, 0.2) is 0 Å². The smallest absolute Gasteiger partial charge is 0.140 e. The van der Waals surface area contributed by atoms with Gasteiger partial charge in [-0.25, -0.2) is 4.98 Å². The highest BCUT2D eigenvalue weighted by Crippen LogP contribution is 2.20. The number of pyridine rings is 1. The van der Waals surface area contributed by atoms with Gasteiger partial charge in [0.25, 0.3) is 0 Å². The van der Waals surface area contributed by atoms with Crippen LogP contribution < -0.4 is 5.32 Å². The van der Waals surface area contributed by atoms with Gasteiger partial charge in [-0.15, -0.1) is 0 Å². The molecule has 1 N–H and O–H groups in total. The zero-order valence-corrected chi connectivity index (χ0v) is 11.0. The maximum atomic E-state index is 4.29. The van der Waals surface area contributed by atoms with Crippen LogP contribution in [0.5, 0.6) is 0 Å². The second-order valence-electron chi connectivity index (χ2n) is 3.87. The largest absolute Gasteiger partial charge is 0.367 e. The standard InChI is InChI=1S/C12H19BrN2/c1-3-4-5-7-10(2)15-12-11(13)8-6-9-14-12/h6,8-10H,3-5,7H2,1-2H3,(H,14,15). The Hall–Kier alpha value is -0.570. The van der Waals surface area contributed by atoms with E-state index in [0.717, 1.165) is 10.3 Å². The van der Waals surface area contributed by atoms with Crippen molar-refractivity contribution in [3.05, 3.63) is 22.8 Å². The third kappa shape index (κ3) is 4.65. The lowest BCUT2D eigenvalue weighted by Gasteiger charge is -2.14. The molecule has 0 saturated heterocycles. The third-order valence-electron chi connectivity index (χ3n) is 2.38. The van der Waals surface area contributed by atoms with Crippen molar-refractivity contribution in [2.45, 2.75) is 45.6 Å². The lowest BCUT2D eigenvalue weighted by Crippen LogP contribution is -2.16. The highest BCUT2D eigenvalue weighted by Gasteiger charge is 2.04. The Bertz CT molecular complexity index is 289. The van der Waals surface area contributed by atoms with Crippen LogP contribution in [0.2, 0.25) is 0 Å². The summed E-state index contributed by atoms with van der Waals surface area (Å²) in [7, 11) is 0. The summed E-state index contributed by atoms with van der Waals surface area (Å²) in [6.07, 6.45) is 6.90. The van der Waals surface area contributed by atoms with Crippen LogP contribution in [0.15, 0.2) is 22.8 Å². The molecular formula is C12H19BrN2. The van der Waals surface area contributed by atoms with Crippen LogP contribution in [0.3, 0.4) is 0 Å². The Labute approximate surface area is 101 Å². The Morgan fingerprint density at radius 3 is 2.93 bits per heavy atom. The van der Waals surface area contributed by atoms with Gasteiger partial charge in [0.1, 0.15) is 5.82 Å². The number of nitrogens with one attached hydrogen (secondary N) is 1. The summed E-state index contributed by atoms with van der Waals surface area (Å²) in [4.78, 5) is 4.29. The van der Waals surface area contributed by atoms with Crippen LogP contribution in [-0.4, -0.2) is 11.0 Å². The Kier molecular flexibility index (Phi) is 5.69. The first-order chi connectivity index (χ1) is 7.24. The predicted molar refractivity (Wildman–Crippen MR) is 69.2 cm³/mol. The molecule has 1 rings (SSSR count). The highest BCUT2D eigenvalue weighted by molar-refractivity contribution is 9.10. The molecule has 3 heteroatoms. The van der Waals surface area contributed by atoms with E-state index < -0.39 is 0 Å². The minimum absolute atomic E-state index is 0.489. The molecule has 0 aliphatic rings. The molecule has 0 bridgehead atoms. The fourth-order valence-corrected chi connectivity index (χ4v) is 1.87. The lowest BCUT2D eigenvalue weighted by atomic mass is 10.1. The first-order valence-corrected chi connectivity index (χ1v) is 6.40. The topological polar surface area (TPSA) is 24.9 Å². The molecule has 1 atom stereocenters. The Balaban J connectivity index is 2.37. The van der Waals surface area contributed by atoms with Crippen molar-refractivity contribution in [2.24, 2.45) is 0 Å². The number of nitrogens with zero attached hydrogens (tertiary/aromatic N) is 1. The van der Waals surface area contributed by atoms with E-state index in [2.05, 4.69) is 40.1 Å². The van der Waals surface area contributed by atoms with E-state index in [1.807, 2.05) is 18.3 Å². The normalized spacial score (nSPS) is 12.5. The third-order valence-corrected chi connectivity index (χ3v) is 3.02. The molecule has 1 aromatic rings. The van der Waals surface area contributed by atoms with E-state index in [1.54, 1.807) is 0 Å². The van der Waals surface area contributed by atoms with Crippen LogP contribution in [-0.2, 0) is 0 Å². The minimum atomic E-state index is 0.489. The maximum Gasteiger partial charge on any atom is 0.140 e. The molecule has 2 nitrogen and oxygen atoms in total. The zero-order valence-electron chi connectivity index (χ0n) is 9.46. The van der Waals surface area contributed by atoms with E-state index in [-0.39, 0.29) is 0 Å². The predicted octanol–water partition coefficient (Wildman–Crippen LogP) is 4.22. The molecule has 0 aromatic carbocycles. The van der Waals surface area contributed by atoms with Crippen molar-refractivity contribution in [1.29, 1.82) is 0 Å². The summed E-state index contributed by atoms with van der Waals surface area (Å²) in [5, 5.41) is 3.41. The average Bonchev–Trinajstić information content (AvgIpc) is 2.22. The Morgan fingerprint density at radius 2 is 2.27 bits per heavy atom. The maximum absolute atomic E-state index is 4.29. The summed E-state index contributed by atoms with van der Waals surface area (Å²) in [6.45, 7) is 4.43. The van der Waals surface area contributed by atoms with Gasteiger partial charge in [-0.1, -0.05) is 26.2 Å². The van der Waals surface area contributed by atoms with Gasteiger partial charge < -0.3 is 5.32 Å². The summed E-state index contributed by atoms with van der Waals surface area (Å²) < 4.78 is 1.03. The fourth-order valence-electron chi connectivity index (χ4n) is 1.50. The average molecular weight is 271 g/mol. The van der Waals surface area contributed by atoms with Crippen LogP contribution in [0.1, 0.15) is 39.5 Å². The Morgan fingerprint density at radius 1 is 1.47 bits per heavy atom. The van der Waals surface area contributed by atoms with Crippen molar-refractivity contribution >= 4 is 21.7 Å². The summed E-state index contributed by atoms with van der Waals surface area (Å²) in [5.41, 5.74) is 0. The number of rotatable bonds is 6. The fraction of sp³-hybridized carbons (Fsp3) is 0.583. The SMILES string of the molecule is CCCCCC(C)Nc1ncccc1Br. The van der Waals surface area contributed by atoms with Gasteiger partial charge in [0.2, 0.25) is 0 Å². The van der Waals surface area contributed by atoms with Gasteiger partial charge in [0.05, 0.1) is 4.47 Å². The lowest BCUT2D eigenvalue weighted by molar-refractivity contribution is 0.613. The molecule has 0 radical (unpaired) electrons. The molecule has 0 aliphatic heterocycles. The first-order valence-electron chi connectivity index (χ1n) is 5.61. The number of anilines is 1. The molecule has 0 spiro atoms. The van der Waals surface area contributed by atoms with Gasteiger partial charge in [0, 0.05) is 12.2 Å². The molecular weight excluding hydrogens is 252 g/mol. The molecule has 15 heavy (non-hydrogen) atoms.